The molecule has 0 saturated carbocycles. The number of carbonyl (C=O) groups is 1. The van der Waals surface area contributed by atoms with Crippen molar-refractivity contribution in [2.75, 3.05) is 19.6 Å². The first-order valence-electron chi connectivity index (χ1n) is 8.66. The van der Waals surface area contributed by atoms with Gasteiger partial charge < -0.3 is 15.4 Å². The van der Waals surface area contributed by atoms with Gasteiger partial charge in [-0.25, -0.2) is 4.79 Å². The van der Waals surface area contributed by atoms with Crippen molar-refractivity contribution in [3.63, 3.8) is 0 Å². The monoisotopic (exact) mass is 352 g/mol. The van der Waals surface area contributed by atoms with Gasteiger partial charge >= 0.3 is 5.97 Å². The summed E-state index contributed by atoms with van der Waals surface area (Å²) in [6.45, 7) is 10.1. The first kappa shape index (κ1) is 19.2. The van der Waals surface area contributed by atoms with Crippen molar-refractivity contribution in [1.29, 1.82) is 0 Å². The standard InChI is InChI=1S/C19H28N2O2.ClH/c1-13-14(6-7-16-17(13)12-23-18(16)22)8-10-21-9-4-5-15(11-21)19(2,3)20;/h6-7,15H,4-5,8-12,20H2,1-3H3;1H. The molecule has 1 aromatic carbocycles. The minimum absolute atomic E-state index is 0. The van der Waals surface area contributed by atoms with E-state index in [9.17, 15) is 4.79 Å². The lowest BCUT2D eigenvalue weighted by Crippen LogP contribution is -2.49. The summed E-state index contributed by atoms with van der Waals surface area (Å²) in [5.74, 6) is 0.391. The van der Waals surface area contributed by atoms with E-state index in [0.29, 0.717) is 12.5 Å². The maximum atomic E-state index is 11.6. The zero-order valence-electron chi connectivity index (χ0n) is 14.9. The van der Waals surface area contributed by atoms with E-state index in [1.807, 2.05) is 6.07 Å². The number of nitrogens with two attached hydrogens (primary N) is 1. The van der Waals surface area contributed by atoms with Gasteiger partial charge in [0.1, 0.15) is 6.61 Å². The first-order chi connectivity index (χ1) is 10.9. The molecule has 1 aromatic rings. The molecule has 2 N–H and O–H groups in total. The van der Waals surface area contributed by atoms with Crippen molar-refractivity contribution < 1.29 is 9.53 Å². The van der Waals surface area contributed by atoms with Crippen molar-refractivity contribution in [3.05, 3.63) is 34.4 Å². The van der Waals surface area contributed by atoms with Crippen LogP contribution in [0.2, 0.25) is 0 Å². The molecule has 0 aliphatic carbocycles. The predicted octanol–water partition coefficient (Wildman–Crippen LogP) is 3.08. The van der Waals surface area contributed by atoms with Crippen LogP contribution >= 0.6 is 12.4 Å². The van der Waals surface area contributed by atoms with E-state index in [1.54, 1.807) is 0 Å². The van der Waals surface area contributed by atoms with Crippen LogP contribution in [0.15, 0.2) is 12.1 Å². The number of benzene rings is 1. The average Bonchev–Trinajstić information content (AvgIpc) is 2.88. The number of carbonyl (C=O) groups excluding carboxylic acids is 1. The molecule has 3 rings (SSSR count). The third kappa shape index (κ3) is 3.93. The lowest BCUT2D eigenvalue weighted by atomic mass is 9.82. The summed E-state index contributed by atoms with van der Waals surface area (Å²) < 4.78 is 5.14. The second kappa shape index (κ2) is 7.42. The molecule has 0 spiro atoms. The Morgan fingerprint density at radius 2 is 2.12 bits per heavy atom. The molecule has 0 bridgehead atoms. The van der Waals surface area contributed by atoms with Crippen LogP contribution in [0.5, 0.6) is 0 Å². The third-order valence-electron chi connectivity index (χ3n) is 5.53. The largest absolute Gasteiger partial charge is 0.457 e. The van der Waals surface area contributed by atoms with E-state index in [2.05, 4.69) is 31.7 Å². The molecule has 2 aliphatic heterocycles. The minimum Gasteiger partial charge on any atom is -0.457 e. The maximum absolute atomic E-state index is 11.6. The minimum atomic E-state index is -0.182. The molecule has 24 heavy (non-hydrogen) atoms. The zero-order valence-corrected chi connectivity index (χ0v) is 15.7. The lowest BCUT2D eigenvalue weighted by molar-refractivity contribution is 0.0535. The number of nitrogens with zero attached hydrogens (tertiary/aromatic N) is 1. The smallest absolute Gasteiger partial charge is 0.338 e. The number of fused-ring (bicyclic) bond motifs is 1. The fourth-order valence-electron chi connectivity index (χ4n) is 3.81. The normalized spacial score (nSPS) is 21.2. The van der Waals surface area contributed by atoms with Crippen molar-refractivity contribution >= 4 is 18.4 Å². The summed E-state index contributed by atoms with van der Waals surface area (Å²) in [5, 5.41) is 0. The van der Waals surface area contributed by atoms with Crippen molar-refractivity contribution in [2.24, 2.45) is 11.7 Å². The number of hydrogen-bond donors (Lipinski definition) is 1. The van der Waals surface area contributed by atoms with Gasteiger partial charge in [0, 0.05) is 24.2 Å². The van der Waals surface area contributed by atoms with E-state index >= 15 is 0 Å². The highest BCUT2D eigenvalue weighted by molar-refractivity contribution is 5.93. The fraction of sp³-hybridized carbons (Fsp3) is 0.632. The Hall–Kier alpha value is -1.10. The SMILES string of the molecule is Cc1c(CCN2CCCC(C(C)(C)N)C2)ccc2c1COC2=O.Cl. The highest BCUT2D eigenvalue weighted by Crippen LogP contribution is 2.28. The molecule has 1 unspecified atom stereocenters. The second-order valence-electron chi connectivity index (χ2n) is 7.66. The van der Waals surface area contributed by atoms with Gasteiger partial charge in [0.2, 0.25) is 0 Å². The van der Waals surface area contributed by atoms with Crippen LogP contribution in [0, 0.1) is 12.8 Å². The van der Waals surface area contributed by atoms with E-state index in [0.717, 1.165) is 37.2 Å². The molecule has 1 saturated heterocycles. The van der Waals surface area contributed by atoms with Gasteiger partial charge in [-0.05, 0) is 69.7 Å². The molecular formula is C19H29ClN2O2. The molecule has 1 fully saturated rings. The Kier molecular flexibility index (Phi) is 5.95. The van der Waals surface area contributed by atoms with Crippen LogP contribution in [0.1, 0.15) is 53.7 Å². The number of rotatable bonds is 4. The maximum Gasteiger partial charge on any atom is 0.338 e. The highest BCUT2D eigenvalue weighted by Gasteiger charge is 2.30. The van der Waals surface area contributed by atoms with Crippen LogP contribution in [0.4, 0.5) is 0 Å². The summed E-state index contributed by atoms with van der Waals surface area (Å²) in [6.07, 6.45) is 3.49. The summed E-state index contributed by atoms with van der Waals surface area (Å²) >= 11 is 0. The number of ether oxygens (including phenoxy) is 1. The Balaban J connectivity index is 0.00000208. The first-order valence-corrected chi connectivity index (χ1v) is 8.66. The van der Waals surface area contributed by atoms with Crippen molar-refractivity contribution in [1.82, 2.24) is 4.90 Å². The van der Waals surface area contributed by atoms with Gasteiger partial charge in [-0.2, -0.15) is 0 Å². The number of esters is 1. The molecule has 2 heterocycles. The van der Waals surface area contributed by atoms with Gasteiger partial charge in [-0.1, -0.05) is 6.07 Å². The quantitative estimate of drug-likeness (QED) is 0.846. The Bertz CT molecular complexity index is 610. The van der Waals surface area contributed by atoms with Crippen LogP contribution in [-0.2, 0) is 17.8 Å². The van der Waals surface area contributed by atoms with E-state index in [4.69, 9.17) is 10.5 Å². The molecule has 4 nitrogen and oxygen atoms in total. The molecular weight excluding hydrogens is 324 g/mol. The molecule has 0 radical (unpaired) electrons. The average molecular weight is 353 g/mol. The summed E-state index contributed by atoms with van der Waals surface area (Å²) in [6, 6.07) is 4.02. The molecule has 5 heteroatoms. The van der Waals surface area contributed by atoms with E-state index in [-0.39, 0.29) is 23.9 Å². The molecule has 134 valence electrons. The Morgan fingerprint density at radius 3 is 2.83 bits per heavy atom. The van der Waals surface area contributed by atoms with Gasteiger partial charge in [0.05, 0.1) is 5.56 Å². The fourth-order valence-corrected chi connectivity index (χ4v) is 3.81. The summed E-state index contributed by atoms with van der Waals surface area (Å²) in [5.41, 5.74) is 10.6. The molecule has 0 aromatic heterocycles. The second-order valence-corrected chi connectivity index (χ2v) is 7.66. The number of hydrogen-bond acceptors (Lipinski definition) is 4. The molecule has 1 atom stereocenters. The Labute approximate surface area is 151 Å². The van der Waals surface area contributed by atoms with Gasteiger partial charge in [-0.3, -0.25) is 0 Å². The number of cyclic esters (lactones) is 1. The highest BCUT2D eigenvalue weighted by atomic mass is 35.5. The van der Waals surface area contributed by atoms with Gasteiger partial charge in [-0.15, -0.1) is 12.4 Å². The Morgan fingerprint density at radius 1 is 1.38 bits per heavy atom. The lowest BCUT2D eigenvalue weighted by Gasteiger charge is -2.39. The molecule has 2 aliphatic rings. The van der Waals surface area contributed by atoms with Crippen molar-refractivity contribution in [3.8, 4) is 0 Å². The third-order valence-corrected chi connectivity index (χ3v) is 5.53. The summed E-state index contributed by atoms with van der Waals surface area (Å²) in [4.78, 5) is 14.2. The number of piperidine rings is 1. The zero-order chi connectivity index (χ0) is 16.6. The number of halogens is 1. The van der Waals surface area contributed by atoms with Crippen molar-refractivity contribution in [2.45, 2.75) is 52.2 Å². The molecule has 0 amide bonds. The van der Waals surface area contributed by atoms with Crippen LogP contribution in [0.25, 0.3) is 0 Å². The van der Waals surface area contributed by atoms with Crippen LogP contribution in [0.3, 0.4) is 0 Å². The van der Waals surface area contributed by atoms with Crippen LogP contribution in [-0.4, -0.2) is 36.0 Å². The van der Waals surface area contributed by atoms with Gasteiger partial charge in [0.25, 0.3) is 0 Å². The van der Waals surface area contributed by atoms with E-state index in [1.165, 1.54) is 24.0 Å². The number of likely N-dealkylation sites (tertiary alicyclic amines) is 1. The van der Waals surface area contributed by atoms with Gasteiger partial charge in [0.15, 0.2) is 0 Å². The topological polar surface area (TPSA) is 55.6 Å². The van der Waals surface area contributed by atoms with Crippen LogP contribution < -0.4 is 5.73 Å². The summed E-state index contributed by atoms with van der Waals surface area (Å²) in [7, 11) is 0. The van der Waals surface area contributed by atoms with E-state index < -0.39 is 0 Å². The predicted molar refractivity (Wildman–Crippen MR) is 98.7 cm³/mol.